The Bertz CT molecular complexity index is 1380. The monoisotopic (exact) mass is 524 g/mol. The predicted octanol–water partition coefficient (Wildman–Crippen LogP) is 9.36. The quantitative estimate of drug-likeness (QED) is 0.181. The maximum absolute atomic E-state index is 2.53. The summed E-state index contributed by atoms with van der Waals surface area (Å²) in [6.07, 6.45) is 9.74. The molecule has 196 valence electrons. The van der Waals surface area contributed by atoms with Crippen LogP contribution in [0.15, 0.2) is 120 Å². The summed E-state index contributed by atoms with van der Waals surface area (Å²) in [5, 5.41) is 0. The van der Waals surface area contributed by atoms with E-state index in [1.807, 2.05) is 0 Å². The molecule has 2 unspecified atom stereocenters. The van der Waals surface area contributed by atoms with Gasteiger partial charge in [0.05, 0.1) is 0 Å². The van der Waals surface area contributed by atoms with Crippen molar-refractivity contribution in [3.63, 3.8) is 0 Å². The summed E-state index contributed by atoms with van der Waals surface area (Å²) in [5.74, 6) is 0. The average Bonchev–Trinajstić information content (AvgIpc) is 3.48. The van der Waals surface area contributed by atoms with E-state index in [1.54, 1.807) is 11.1 Å². The molecule has 2 aliphatic carbocycles. The number of allylic oxidation sites excluding steroid dienone is 2. The van der Waals surface area contributed by atoms with Crippen molar-refractivity contribution < 1.29 is 0 Å². The first-order valence-corrected chi connectivity index (χ1v) is 17.0. The Morgan fingerprint density at radius 2 is 0.872 bits per heavy atom. The third-order valence-corrected chi connectivity index (χ3v) is 11.5. The van der Waals surface area contributed by atoms with E-state index < -0.39 is 9.52 Å². The molecule has 1 heteroatoms. The summed E-state index contributed by atoms with van der Waals surface area (Å²) in [6.45, 7) is 4.66. The highest BCUT2D eigenvalue weighted by Crippen LogP contribution is 2.54. The van der Waals surface area contributed by atoms with Gasteiger partial charge < -0.3 is 0 Å². The van der Waals surface area contributed by atoms with Crippen LogP contribution in [0, 0.1) is 0 Å². The Morgan fingerprint density at radius 3 is 1.28 bits per heavy atom. The molecular formula is C38H40Si. The minimum absolute atomic E-state index is 0.00468. The standard InChI is InChI=1S/C38H40Si/c1-3-15-33-25-29-17-11-13-23-35(29)37(33,31-19-7-5-8-20-31)27-39-28-38(32-21-9-6-10-22-32)34(16-4-2)26-30-18-12-14-24-36(30)38/h5-14,17-26H,3-4,15-16,27-28,39H2,1-2H3. The van der Waals surface area contributed by atoms with Gasteiger partial charge in [-0.3, -0.25) is 0 Å². The molecule has 4 aromatic carbocycles. The van der Waals surface area contributed by atoms with Gasteiger partial charge in [-0.15, -0.1) is 0 Å². The number of benzene rings is 4. The summed E-state index contributed by atoms with van der Waals surface area (Å²) in [7, 11) is -0.507. The largest absolute Gasteiger partial charge is 0.0651 e. The second-order valence-electron chi connectivity index (χ2n) is 11.4. The van der Waals surface area contributed by atoms with Crippen LogP contribution in [0.4, 0.5) is 0 Å². The highest BCUT2D eigenvalue weighted by Gasteiger charge is 2.45. The fraction of sp³-hybridized carbons (Fsp3) is 0.263. The van der Waals surface area contributed by atoms with Gasteiger partial charge in [0.2, 0.25) is 0 Å². The molecule has 2 atom stereocenters. The van der Waals surface area contributed by atoms with Crippen molar-refractivity contribution in [2.45, 2.75) is 62.4 Å². The Labute approximate surface area is 237 Å². The first-order chi connectivity index (χ1) is 19.2. The van der Waals surface area contributed by atoms with Crippen LogP contribution >= 0.6 is 0 Å². The molecule has 2 aliphatic rings. The number of hydrogen-bond donors (Lipinski definition) is 0. The van der Waals surface area contributed by atoms with E-state index in [2.05, 4.69) is 135 Å². The Morgan fingerprint density at radius 1 is 0.487 bits per heavy atom. The molecule has 0 amide bonds. The molecule has 0 bridgehead atoms. The third kappa shape index (κ3) is 4.28. The molecule has 0 saturated heterocycles. The van der Waals surface area contributed by atoms with Gasteiger partial charge in [-0.25, -0.2) is 0 Å². The molecule has 6 rings (SSSR count). The summed E-state index contributed by atoms with van der Waals surface area (Å²) < 4.78 is 0. The molecular weight excluding hydrogens is 485 g/mol. The molecule has 39 heavy (non-hydrogen) atoms. The highest BCUT2D eigenvalue weighted by molar-refractivity contribution is 6.37. The molecule has 0 heterocycles. The van der Waals surface area contributed by atoms with Crippen molar-refractivity contribution in [1.82, 2.24) is 0 Å². The van der Waals surface area contributed by atoms with Gasteiger partial charge >= 0.3 is 0 Å². The van der Waals surface area contributed by atoms with Crippen LogP contribution in [0.3, 0.4) is 0 Å². The van der Waals surface area contributed by atoms with Gasteiger partial charge in [-0.1, -0.05) is 159 Å². The fourth-order valence-corrected chi connectivity index (χ4v) is 10.7. The van der Waals surface area contributed by atoms with Crippen molar-refractivity contribution in [3.05, 3.63) is 154 Å². The summed E-state index contributed by atoms with van der Waals surface area (Å²) in [5.41, 5.74) is 12.1. The molecule has 0 spiro atoms. The van der Waals surface area contributed by atoms with Gasteiger partial charge in [-0.05, 0) is 58.3 Å². The van der Waals surface area contributed by atoms with Gasteiger partial charge in [0.1, 0.15) is 0 Å². The second kappa shape index (κ2) is 11.0. The van der Waals surface area contributed by atoms with Crippen LogP contribution in [0.1, 0.15) is 72.9 Å². The van der Waals surface area contributed by atoms with Crippen molar-refractivity contribution in [2.24, 2.45) is 0 Å². The summed E-state index contributed by atoms with van der Waals surface area (Å²) >= 11 is 0. The second-order valence-corrected chi connectivity index (χ2v) is 13.1. The SMILES string of the molecule is CCCC1=Cc2ccccc2C1(C[SiH2]CC1(c2ccccc2)C(CCC)=Cc2ccccc21)c1ccccc1. The molecule has 0 radical (unpaired) electrons. The molecule has 0 nitrogen and oxygen atoms in total. The zero-order valence-electron chi connectivity index (χ0n) is 23.5. The van der Waals surface area contributed by atoms with Crippen LogP contribution in [0.25, 0.3) is 12.2 Å². The predicted molar refractivity (Wildman–Crippen MR) is 171 cm³/mol. The van der Waals surface area contributed by atoms with E-state index in [9.17, 15) is 0 Å². The molecule has 0 aromatic heterocycles. The van der Waals surface area contributed by atoms with E-state index in [0.717, 1.165) is 12.8 Å². The van der Waals surface area contributed by atoms with E-state index in [0.29, 0.717) is 0 Å². The lowest BCUT2D eigenvalue weighted by molar-refractivity contribution is 0.621. The van der Waals surface area contributed by atoms with Crippen LogP contribution in [0.2, 0.25) is 12.1 Å². The lowest BCUT2D eigenvalue weighted by atomic mass is 9.71. The topological polar surface area (TPSA) is 0 Å². The number of rotatable bonds is 10. The van der Waals surface area contributed by atoms with Gasteiger partial charge in [0.25, 0.3) is 0 Å². The van der Waals surface area contributed by atoms with Crippen LogP contribution < -0.4 is 0 Å². The van der Waals surface area contributed by atoms with E-state index in [4.69, 9.17) is 0 Å². The van der Waals surface area contributed by atoms with Gasteiger partial charge in [-0.2, -0.15) is 0 Å². The lowest BCUT2D eigenvalue weighted by Gasteiger charge is -2.39. The first kappa shape index (κ1) is 25.8. The first-order valence-electron chi connectivity index (χ1n) is 15.0. The normalized spacial score (nSPS) is 21.6. The van der Waals surface area contributed by atoms with Crippen LogP contribution in [-0.2, 0) is 10.8 Å². The highest BCUT2D eigenvalue weighted by atomic mass is 28.2. The van der Waals surface area contributed by atoms with Crippen molar-refractivity contribution in [2.75, 3.05) is 0 Å². The molecule has 0 fully saturated rings. The zero-order valence-corrected chi connectivity index (χ0v) is 24.9. The molecule has 4 aromatic rings. The minimum atomic E-state index is -0.507. The fourth-order valence-electron chi connectivity index (χ4n) is 7.73. The lowest BCUT2D eigenvalue weighted by Crippen LogP contribution is -2.34. The van der Waals surface area contributed by atoms with E-state index in [1.165, 1.54) is 58.3 Å². The number of hydrogen-bond acceptors (Lipinski definition) is 0. The summed E-state index contributed by atoms with van der Waals surface area (Å²) in [4.78, 5) is 0. The van der Waals surface area contributed by atoms with Gasteiger partial charge in [0.15, 0.2) is 0 Å². The Hall–Kier alpha value is -3.42. The van der Waals surface area contributed by atoms with Crippen LogP contribution in [0.5, 0.6) is 0 Å². The Balaban J connectivity index is 1.45. The Kier molecular flexibility index (Phi) is 7.27. The summed E-state index contributed by atoms with van der Waals surface area (Å²) in [6, 6.07) is 43.8. The third-order valence-electron chi connectivity index (χ3n) is 9.27. The van der Waals surface area contributed by atoms with E-state index in [-0.39, 0.29) is 10.8 Å². The zero-order chi connectivity index (χ0) is 26.7. The minimum Gasteiger partial charge on any atom is -0.0651 e. The van der Waals surface area contributed by atoms with Crippen molar-refractivity contribution >= 4 is 21.7 Å². The van der Waals surface area contributed by atoms with E-state index >= 15 is 0 Å². The molecule has 0 aliphatic heterocycles. The maximum Gasteiger partial charge on any atom is 0.0391 e. The molecule has 0 N–H and O–H groups in total. The van der Waals surface area contributed by atoms with Crippen LogP contribution in [-0.4, -0.2) is 9.52 Å². The van der Waals surface area contributed by atoms with Crippen molar-refractivity contribution in [3.8, 4) is 0 Å². The molecule has 0 saturated carbocycles. The smallest absolute Gasteiger partial charge is 0.0391 e. The average molecular weight is 525 g/mol. The van der Waals surface area contributed by atoms with Crippen molar-refractivity contribution in [1.29, 1.82) is 0 Å². The van der Waals surface area contributed by atoms with Gasteiger partial charge in [0, 0.05) is 20.3 Å². The maximum atomic E-state index is 2.53. The number of fused-ring (bicyclic) bond motifs is 2.